The predicted molar refractivity (Wildman–Crippen MR) is 122 cm³/mol. The van der Waals surface area contributed by atoms with Gasteiger partial charge in [0.1, 0.15) is 0 Å². The van der Waals surface area contributed by atoms with E-state index in [9.17, 15) is 13.2 Å². The Hall–Kier alpha value is -2.96. The summed E-state index contributed by atoms with van der Waals surface area (Å²) in [7, 11) is -3.73. The molecule has 1 amide bonds. The quantitative estimate of drug-likeness (QED) is 0.555. The van der Waals surface area contributed by atoms with Crippen LogP contribution in [0.25, 0.3) is 0 Å². The Morgan fingerprint density at radius 2 is 1.48 bits per heavy atom. The minimum absolute atomic E-state index is 0.0594. The molecule has 0 spiro atoms. The lowest BCUT2D eigenvalue weighted by Gasteiger charge is -2.23. The smallest absolute Gasteiger partial charge is 0.243 e. The van der Waals surface area contributed by atoms with E-state index in [0.717, 1.165) is 22.4 Å². The minimum Gasteiger partial charge on any atom is -0.312 e. The molecule has 0 aromatic heterocycles. The maximum absolute atomic E-state index is 13.7. The Labute approximate surface area is 184 Å². The van der Waals surface area contributed by atoms with Gasteiger partial charge in [0.15, 0.2) is 0 Å². The molecule has 1 aliphatic heterocycles. The second kappa shape index (κ2) is 9.04. The summed E-state index contributed by atoms with van der Waals surface area (Å²) in [4.78, 5) is 14.2. The number of hydrogen-bond acceptors (Lipinski definition) is 3. The van der Waals surface area contributed by atoms with Crippen LogP contribution in [0.3, 0.4) is 0 Å². The largest absolute Gasteiger partial charge is 0.312 e. The van der Waals surface area contributed by atoms with Crippen LogP contribution >= 0.6 is 0 Å². The van der Waals surface area contributed by atoms with Gasteiger partial charge in [-0.2, -0.15) is 4.31 Å². The van der Waals surface area contributed by atoms with E-state index in [0.29, 0.717) is 19.4 Å². The maximum atomic E-state index is 13.7. The summed E-state index contributed by atoms with van der Waals surface area (Å²) in [6.45, 7) is 3.01. The number of anilines is 1. The molecule has 3 aromatic rings. The van der Waals surface area contributed by atoms with Gasteiger partial charge < -0.3 is 4.90 Å². The number of rotatable bonds is 7. The number of benzene rings is 3. The zero-order valence-electron chi connectivity index (χ0n) is 17.6. The molecule has 1 heterocycles. The van der Waals surface area contributed by atoms with Crippen molar-refractivity contribution in [1.82, 2.24) is 4.31 Å². The molecule has 160 valence electrons. The molecular formula is C25H26N2O3S. The fraction of sp³-hybridized carbons (Fsp3) is 0.240. The van der Waals surface area contributed by atoms with E-state index >= 15 is 0 Å². The number of carbonyl (C=O) groups is 1. The Morgan fingerprint density at radius 3 is 2.03 bits per heavy atom. The Morgan fingerprint density at radius 1 is 0.903 bits per heavy atom. The van der Waals surface area contributed by atoms with Gasteiger partial charge in [-0.15, -0.1) is 0 Å². The average Bonchev–Trinajstić information content (AvgIpc) is 3.23. The van der Waals surface area contributed by atoms with Crippen LogP contribution in [0.2, 0.25) is 0 Å². The minimum atomic E-state index is -3.73. The molecular weight excluding hydrogens is 408 g/mol. The molecule has 0 radical (unpaired) electrons. The number of carbonyl (C=O) groups excluding carboxylic acids is 1. The Bertz CT molecular complexity index is 1120. The molecule has 0 fully saturated rings. The van der Waals surface area contributed by atoms with Gasteiger partial charge in [-0.3, -0.25) is 4.79 Å². The molecule has 3 aromatic carbocycles. The van der Waals surface area contributed by atoms with Gasteiger partial charge in [0, 0.05) is 31.7 Å². The number of nitrogens with zero attached hydrogens (tertiary/aromatic N) is 2. The second-order valence-electron chi connectivity index (χ2n) is 7.68. The van der Waals surface area contributed by atoms with Crippen LogP contribution in [-0.4, -0.2) is 25.2 Å². The van der Waals surface area contributed by atoms with E-state index in [1.165, 1.54) is 4.31 Å². The van der Waals surface area contributed by atoms with Crippen molar-refractivity contribution in [2.45, 2.75) is 37.8 Å². The number of fused-ring (bicyclic) bond motifs is 1. The standard InChI is InChI=1S/C25H26N2O3S/c1-2-25(28)27-16-15-22-17-23(13-14-24(22)27)31(29,30)26(18-20-9-5-3-6-10-20)19-21-11-7-4-8-12-21/h3-14,17H,2,15-16,18-19H2,1H3. The number of hydrogen-bond donors (Lipinski definition) is 0. The molecule has 31 heavy (non-hydrogen) atoms. The third-order valence-corrected chi connectivity index (χ3v) is 7.38. The summed E-state index contributed by atoms with van der Waals surface area (Å²) in [5.41, 5.74) is 3.59. The lowest BCUT2D eigenvalue weighted by atomic mass is 10.2. The lowest BCUT2D eigenvalue weighted by Crippen LogP contribution is -2.30. The monoisotopic (exact) mass is 434 g/mol. The zero-order valence-corrected chi connectivity index (χ0v) is 18.4. The molecule has 0 N–H and O–H groups in total. The molecule has 6 heteroatoms. The first-order valence-electron chi connectivity index (χ1n) is 10.5. The highest BCUT2D eigenvalue weighted by Gasteiger charge is 2.29. The van der Waals surface area contributed by atoms with E-state index in [2.05, 4.69) is 0 Å². The fourth-order valence-corrected chi connectivity index (χ4v) is 5.40. The molecule has 4 rings (SSSR count). The van der Waals surface area contributed by atoms with Gasteiger partial charge in [0.2, 0.25) is 15.9 Å². The van der Waals surface area contributed by atoms with Crippen LogP contribution in [0.15, 0.2) is 83.8 Å². The molecule has 0 saturated carbocycles. The summed E-state index contributed by atoms with van der Waals surface area (Å²) < 4.78 is 28.8. The van der Waals surface area contributed by atoms with Crippen LogP contribution < -0.4 is 4.90 Å². The van der Waals surface area contributed by atoms with E-state index < -0.39 is 10.0 Å². The third-order valence-electron chi connectivity index (χ3n) is 5.59. The summed E-state index contributed by atoms with van der Waals surface area (Å²) in [5.74, 6) is 0.0594. The highest BCUT2D eigenvalue weighted by molar-refractivity contribution is 7.89. The zero-order chi connectivity index (χ0) is 21.8. The van der Waals surface area contributed by atoms with Crippen molar-refractivity contribution < 1.29 is 13.2 Å². The van der Waals surface area contributed by atoms with Gasteiger partial charge in [-0.1, -0.05) is 67.6 Å². The summed E-state index contributed by atoms with van der Waals surface area (Å²) in [5, 5.41) is 0. The predicted octanol–water partition coefficient (Wildman–Crippen LogP) is 4.38. The lowest BCUT2D eigenvalue weighted by molar-refractivity contribution is -0.118. The van der Waals surface area contributed by atoms with Crippen LogP contribution in [0.5, 0.6) is 0 Å². The highest BCUT2D eigenvalue weighted by atomic mass is 32.2. The molecule has 0 aliphatic carbocycles. The first-order valence-corrected chi connectivity index (χ1v) is 11.9. The second-order valence-corrected chi connectivity index (χ2v) is 9.62. The van der Waals surface area contributed by atoms with Crippen molar-refractivity contribution >= 4 is 21.6 Å². The van der Waals surface area contributed by atoms with E-state index in [-0.39, 0.29) is 23.9 Å². The Kier molecular flexibility index (Phi) is 6.20. The molecule has 0 atom stereocenters. The van der Waals surface area contributed by atoms with Crippen molar-refractivity contribution in [3.05, 3.63) is 95.6 Å². The SMILES string of the molecule is CCC(=O)N1CCc2cc(S(=O)(=O)N(Cc3ccccc3)Cc3ccccc3)ccc21. The molecule has 0 unspecified atom stereocenters. The molecule has 5 nitrogen and oxygen atoms in total. The summed E-state index contributed by atoms with van der Waals surface area (Å²) >= 11 is 0. The van der Waals surface area contributed by atoms with Crippen LogP contribution in [0.1, 0.15) is 30.0 Å². The van der Waals surface area contributed by atoms with Crippen molar-refractivity contribution in [3.63, 3.8) is 0 Å². The highest BCUT2D eigenvalue weighted by Crippen LogP contribution is 2.32. The molecule has 0 bridgehead atoms. The van der Waals surface area contributed by atoms with Crippen LogP contribution in [-0.2, 0) is 34.3 Å². The van der Waals surface area contributed by atoms with Crippen molar-refractivity contribution in [1.29, 1.82) is 0 Å². The molecule has 0 saturated heterocycles. The van der Waals surface area contributed by atoms with Gasteiger partial charge >= 0.3 is 0 Å². The molecule has 1 aliphatic rings. The van der Waals surface area contributed by atoms with E-state index in [1.54, 1.807) is 23.1 Å². The van der Waals surface area contributed by atoms with Gasteiger partial charge in [0.25, 0.3) is 0 Å². The third kappa shape index (κ3) is 4.55. The number of amides is 1. The number of sulfonamides is 1. The fourth-order valence-electron chi connectivity index (χ4n) is 3.94. The van der Waals surface area contributed by atoms with Crippen molar-refractivity contribution in [2.75, 3.05) is 11.4 Å². The average molecular weight is 435 g/mol. The van der Waals surface area contributed by atoms with Gasteiger partial charge in [-0.05, 0) is 41.3 Å². The Balaban J connectivity index is 1.68. The summed E-state index contributed by atoms with van der Waals surface area (Å²) in [6, 6.07) is 24.4. The topological polar surface area (TPSA) is 57.7 Å². The van der Waals surface area contributed by atoms with Crippen LogP contribution in [0, 0.1) is 0 Å². The van der Waals surface area contributed by atoms with Gasteiger partial charge in [0.05, 0.1) is 4.90 Å². The maximum Gasteiger partial charge on any atom is 0.243 e. The normalized spacial score (nSPS) is 13.4. The van der Waals surface area contributed by atoms with Crippen molar-refractivity contribution in [2.24, 2.45) is 0 Å². The van der Waals surface area contributed by atoms with E-state index in [4.69, 9.17) is 0 Å². The van der Waals surface area contributed by atoms with Crippen LogP contribution in [0.4, 0.5) is 5.69 Å². The first kappa shape index (κ1) is 21.3. The van der Waals surface area contributed by atoms with Gasteiger partial charge in [-0.25, -0.2) is 8.42 Å². The summed E-state index contributed by atoms with van der Waals surface area (Å²) in [6.07, 6.45) is 1.10. The van der Waals surface area contributed by atoms with E-state index in [1.807, 2.05) is 67.6 Å². The first-order chi connectivity index (χ1) is 15.0. The van der Waals surface area contributed by atoms with Crippen molar-refractivity contribution in [3.8, 4) is 0 Å².